The molecule has 0 saturated carbocycles. The van der Waals surface area contributed by atoms with Crippen molar-refractivity contribution in [2.45, 2.75) is 6.04 Å². The Balaban J connectivity index is 2.54. The van der Waals surface area contributed by atoms with E-state index in [0.29, 0.717) is 6.04 Å². The first-order valence-electron chi connectivity index (χ1n) is 2.71. The third kappa shape index (κ3) is 1.70. The quantitative estimate of drug-likeness (QED) is 0.473. The summed E-state index contributed by atoms with van der Waals surface area (Å²) in [5.74, 6) is 0. The first-order valence-corrected chi connectivity index (χ1v) is 7.15. The van der Waals surface area contributed by atoms with Crippen molar-refractivity contribution in [3.05, 3.63) is 0 Å². The molecule has 0 bridgehead atoms. The molecule has 1 fully saturated rings. The van der Waals surface area contributed by atoms with Gasteiger partial charge >= 0.3 is 6.03 Å². The summed E-state index contributed by atoms with van der Waals surface area (Å²) in [6.07, 6.45) is 0. The molecule has 58 valence electrons. The molecule has 1 aliphatic heterocycles. The highest BCUT2D eigenvalue weighted by atomic mass is 127. The lowest BCUT2D eigenvalue weighted by Crippen LogP contribution is -2.27. The Hall–Kier alpha value is 0.830. The maximum absolute atomic E-state index is 10.9. The molecular weight excluding hydrogens is 331 g/mol. The maximum Gasteiger partial charge on any atom is 0.328 e. The van der Waals surface area contributed by atoms with Crippen LogP contribution in [-0.2, 0) is 0 Å². The molecule has 10 heavy (non-hydrogen) atoms. The monoisotopic (exact) mass is 336 g/mol. The van der Waals surface area contributed by atoms with Crippen LogP contribution in [0.3, 0.4) is 0 Å². The van der Waals surface area contributed by atoms with Crippen LogP contribution in [-0.4, -0.2) is 28.3 Å². The summed E-state index contributed by atoms with van der Waals surface area (Å²) < 4.78 is 1.73. The van der Waals surface area contributed by atoms with Crippen LogP contribution in [0.5, 0.6) is 0 Å². The van der Waals surface area contributed by atoms with Crippen LogP contribution in [0.4, 0.5) is 4.79 Å². The Labute approximate surface area is 84.1 Å². The zero-order chi connectivity index (χ0) is 7.56. The number of urea groups is 1. The van der Waals surface area contributed by atoms with E-state index in [9.17, 15) is 4.79 Å². The molecule has 1 saturated heterocycles. The zero-order valence-electron chi connectivity index (χ0n) is 5.01. The largest absolute Gasteiger partial charge is 0.335 e. The van der Waals surface area contributed by atoms with E-state index in [1.165, 1.54) is 9.12 Å². The maximum atomic E-state index is 10.9. The molecule has 0 aromatic rings. The van der Waals surface area contributed by atoms with Crippen LogP contribution in [0.1, 0.15) is 0 Å². The predicted octanol–water partition coefficient (Wildman–Crippen LogP) is 1.77. The van der Waals surface area contributed by atoms with Crippen LogP contribution in [0.2, 0.25) is 0 Å². The summed E-state index contributed by atoms with van der Waals surface area (Å²) in [5, 5.41) is 3.59. The number of hydrogen-bond donors (Lipinski definition) is 1. The number of hydrogen-bond acceptors (Lipinski definition) is 2. The highest BCUT2D eigenvalue weighted by Crippen LogP contribution is 2.25. The van der Waals surface area contributed by atoms with E-state index < -0.39 is 0 Å². The fourth-order valence-corrected chi connectivity index (χ4v) is 3.34. The van der Waals surface area contributed by atoms with E-state index in [0.717, 1.165) is 11.9 Å². The minimum absolute atomic E-state index is 0.0175. The minimum Gasteiger partial charge on any atom is -0.335 e. The Morgan fingerprint density at radius 2 is 2.70 bits per heavy atom. The van der Waals surface area contributed by atoms with Crippen molar-refractivity contribution in [1.82, 2.24) is 9.62 Å². The Bertz CT molecular complexity index is 147. The van der Waals surface area contributed by atoms with Gasteiger partial charge < -0.3 is 5.32 Å². The predicted molar refractivity (Wildman–Crippen MR) is 54.4 cm³/mol. The fraction of sp³-hybridized carbons (Fsp3) is 0.750. The first-order chi connectivity index (χ1) is 4.79. The Morgan fingerprint density at radius 1 is 2.00 bits per heavy atom. The normalized spacial score (nSPS) is 25.2. The van der Waals surface area contributed by atoms with E-state index in [2.05, 4.69) is 42.5 Å². The number of nitrogens with one attached hydrogen (secondary N) is 1. The van der Waals surface area contributed by atoms with Gasteiger partial charge in [-0.25, -0.2) is 4.79 Å². The summed E-state index contributed by atoms with van der Waals surface area (Å²) >= 11 is 5.44. The molecular formula is C4H6BrIN2OS. The second-order valence-corrected chi connectivity index (χ2v) is 4.25. The van der Waals surface area contributed by atoms with Crippen LogP contribution >= 0.6 is 46.3 Å². The lowest BCUT2D eigenvalue weighted by Gasteiger charge is -2.15. The molecule has 1 atom stereocenters. The van der Waals surface area contributed by atoms with Crippen molar-refractivity contribution < 1.29 is 4.79 Å². The molecule has 0 spiro atoms. The van der Waals surface area contributed by atoms with Gasteiger partial charge in [-0.3, -0.25) is 4.31 Å². The van der Waals surface area contributed by atoms with Gasteiger partial charge in [0.05, 0.1) is 6.04 Å². The summed E-state index contributed by atoms with van der Waals surface area (Å²) in [6, 6.07) is 0.318. The Kier molecular flexibility index (Phi) is 3.58. The third-order valence-corrected chi connectivity index (χ3v) is 3.91. The van der Waals surface area contributed by atoms with E-state index >= 15 is 0 Å². The molecule has 0 aromatic heterocycles. The lowest BCUT2D eigenvalue weighted by atomic mass is 10.4. The van der Waals surface area contributed by atoms with Crippen molar-refractivity contribution in [2.75, 3.05) is 11.9 Å². The molecule has 1 heterocycles. The molecule has 0 aliphatic carbocycles. The second-order valence-electron chi connectivity index (χ2n) is 1.89. The van der Waals surface area contributed by atoms with Crippen LogP contribution in [0, 0.1) is 0 Å². The summed E-state index contributed by atoms with van der Waals surface area (Å²) in [5.41, 5.74) is 0. The Morgan fingerprint density at radius 3 is 3.10 bits per heavy atom. The zero-order valence-corrected chi connectivity index (χ0v) is 9.57. The summed E-state index contributed by atoms with van der Waals surface area (Å²) in [7, 11) is 1.43. The van der Waals surface area contributed by atoms with Crippen LogP contribution < -0.4 is 5.32 Å². The van der Waals surface area contributed by atoms with Gasteiger partial charge in [0.2, 0.25) is 0 Å². The highest BCUT2D eigenvalue weighted by Gasteiger charge is 2.29. The van der Waals surface area contributed by atoms with Crippen molar-refractivity contribution >= 4 is 52.3 Å². The van der Waals surface area contributed by atoms with Crippen molar-refractivity contribution in [3.8, 4) is 0 Å². The van der Waals surface area contributed by atoms with Crippen LogP contribution in [0.25, 0.3) is 0 Å². The van der Waals surface area contributed by atoms with E-state index in [-0.39, 0.29) is 6.03 Å². The molecule has 1 unspecified atom stereocenters. The van der Waals surface area contributed by atoms with Gasteiger partial charge in [-0.1, -0.05) is 15.9 Å². The first kappa shape index (κ1) is 8.92. The molecule has 1 rings (SSSR count). The lowest BCUT2D eigenvalue weighted by molar-refractivity contribution is 0.235. The highest BCUT2D eigenvalue weighted by molar-refractivity contribution is 14.2. The summed E-state index contributed by atoms with van der Waals surface area (Å²) in [6.45, 7) is 0.750. The van der Waals surface area contributed by atoms with Gasteiger partial charge in [0.25, 0.3) is 0 Å². The summed E-state index contributed by atoms with van der Waals surface area (Å²) in [4.78, 5) is 10.9. The molecule has 0 radical (unpaired) electrons. The third-order valence-electron chi connectivity index (χ3n) is 1.27. The number of rotatable bonds is 2. The van der Waals surface area contributed by atoms with Crippen LogP contribution in [0.15, 0.2) is 0 Å². The average Bonchev–Trinajstić information content (AvgIpc) is 2.30. The van der Waals surface area contributed by atoms with Gasteiger partial charge in [0.15, 0.2) is 0 Å². The number of nitrogens with zero attached hydrogens (tertiary/aromatic N) is 1. The van der Waals surface area contributed by atoms with Crippen molar-refractivity contribution in [1.29, 1.82) is 0 Å². The molecule has 2 amide bonds. The molecule has 0 aromatic carbocycles. The number of carbonyl (C=O) groups excluding carboxylic acids is 1. The number of alkyl halides is 1. The standard InChI is InChI=1S/C4H6BrIN2OS/c5-1-3-2-7-4(9)8(3)10-6/h3H,1-2H2,(H,7,9). The molecule has 1 N–H and O–H groups in total. The number of amides is 2. The molecule has 3 nitrogen and oxygen atoms in total. The van der Waals surface area contributed by atoms with Gasteiger partial charge in [0, 0.05) is 42.2 Å². The average molecular weight is 337 g/mol. The number of halogens is 2. The fourth-order valence-electron chi connectivity index (χ4n) is 0.737. The van der Waals surface area contributed by atoms with E-state index in [1.54, 1.807) is 4.31 Å². The second kappa shape index (κ2) is 4.01. The minimum atomic E-state index is 0.0175. The van der Waals surface area contributed by atoms with Crippen molar-refractivity contribution in [2.24, 2.45) is 0 Å². The topological polar surface area (TPSA) is 32.3 Å². The molecule has 1 aliphatic rings. The van der Waals surface area contributed by atoms with Crippen molar-refractivity contribution in [3.63, 3.8) is 0 Å². The van der Waals surface area contributed by atoms with Gasteiger partial charge in [-0.05, 0) is 0 Å². The van der Waals surface area contributed by atoms with Gasteiger partial charge in [-0.2, -0.15) is 0 Å². The van der Waals surface area contributed by atoms with E-state index in [1.807, 2.05) is 0 Å². The SMILES string of the molecule is O=C1NCC(CBr)N1SI. The number of carbonyl (C=O) groups is 1. The molecule has 6 heteroatoms. The smallest absolute Gasteiger partial charge is 0.328 e. The van der Waals surface area contributed by atoms with Gasteiger partial charge in [0.1, 0.15) is 0 Å². The van der Waals surface area contributed by atoms with E-state index in [4.69, 9.17) is 0 Å². The van der Waals surface area contributed by atoms with Gasteiger partial charge in [-0.15, -0.1) is 0 Å².